The van der Waals surface area contributed by atoms with Crippen LogP contribution in [0, 0.1) is 0 Å². The summed E-state index contributed by atoms with van der Waals surface area (Å²) in [5, 5.41) is 2.56. The van der Waals surface area contributed by atoms with Crippen LogP contribution in [0.3, 0.4) is 0 Å². The fourth-order valence-electron chi connectivity index (χ4n) is 2.23. The van der Waals surface area contributed by atoms with Gasteiger partial charge in [0.15, 0.2) is 0 Å². The molecule has 128 valence electrons. The number of methoxy groups -OCH3 is 1. The molecular weight excluding hydrogens is 328 g/mol. The number of nitrogens with one attached hydrogen (secondary N) is 2. The molecule has 0 aliphatic carbocycles. The Balaban J connectivity index is 2.41. The molecule has 2 rings (SSSR count). The number of benzene rings is 2. The molecule has 0 saturated heterocycles. The van der Waals surface area contributed by atoms with E-state index >= 15 is 0 Å². The summed E-state index contributed by atoms with van der Waals surface area (Å²) in [5.74, 6) is -0.0876. The first-order valence-corrected chi connectivity index (χ1v) is 8.91. The molecule has 0 bridgehead atoms. The Morgan fingerprint density at radius 2 is 1.88 bits per heavy atom. The largest absolute Gasteiger partial charge is 0.495 e. The highest BCUT2D eigenvalue weighted by molar-refractivity contribution is 7.92. The van der Waals surface area contributed by atoms with Gasteiger partial charge in [-0.15, -0.1) is 0 Å². The summed E-state index contributed by atoms with van der Waals surface area (Å²) >= 11 is 0. The molecule has 0 saturated carbocycles. The van der Waals surface area contributed by atoms with E-state index in [-0.39, 0.29) is 16.6 Å². The van der Waals surface area contributed by atoms with Crippen LogP contribution in [0.4, 0.5) is 11.4 Å². The van der Waals surface area contributed by atoms with E-state index in [1.165, 1.54) is 26.2 Å². The van der Waals surface area contributed by atoms with Crippen LogP contribution in [0.2, 0.25) is 0 Å². The Hall–Kier alpha value is -2.54. The Kier molecular flexibility index (Phi) is 5.46. The molecule has 2 aromatic carbocycles. The normalized spacial score (nSPS) is 11.0. The minimum atomic E-state index is -3.87. The highest BCUT2D eigenvalue weighted by Gasteiger charge is 2.20. The van der Waals surface area contributed by atoms with Crippen molar-refractivity contribution in [2.45, 2.75) is 25.2 Å². The first-order valence-electron chi connectivity index (χ1n) is 7.43. The predicted octanol–water partition coefficient (Wildman–Crippen LogP) is 3.02. The molecule has 0 aliphatic heterocycles. The van der Waals surface area contributed by atoms with Crippen LogP contribution in [-0.4, -0.2) is 21.4 Å². The number of hydrogen-bond acceptors (Lipinski definition) is 4. The summed E-state index contributed by atoms with van der Waals surface area (Å²) in [7, 11) is -2.47. The zero-order valence-electron chi connectivity index (χ0n) is 13.8. The fraction of sp³-hybridized carbons (Fsp3) is 0.235. The second-order valence-corrected chi connectivity index (χ2v) is 6.86. The molecule has 1 amide bonds. The minimum absolute atomic E-state index is 0.0434. The van der Waals surface area contributed by atoms with E-state index in [1.807, 2.05) is 13.0 Å². The van der Waals surface area contributed by atoms with Crippen LogP contribution in [0.25, 0.3) is 0 Å². The number of sulfonamides is 1. The summed E-state index contributed by atoms with van der Waals surface area (Å²) in [6, 6.07) is 11.6. The predicted molar refractivity (Wildman–Crippen MR) is 93.9 cm³/mol. The highest BCUT2D eigenvalue weighted by atomic mass is 32.2. The lowest BCUT2D eigenvalue weighted by Crippen LogP contribution is -2.15. The van der Waals surface area contributed by atoms with Gasteiger partial charge in [-0.25, -0.2) is 8.42 Å². The molecule has 7 heteroatoms. The number of aryl methyl sites for hydroxylation is 1. The average molecular weight is 348 g/mol. The first kappa shape index (κ1) is 17.8. The third kappa shape index (κ3) is 4.26. The summed E-state index contributed by atoms with van der Waals surface area (Å²) in [6.07, 6.45) is 0.802. The highest BCUT2D eigenvalue weighted by Crippen LogP contribution is 2.29. The third-order valence-electron chi connectivity index (χ3n) is 3.36. The van der Waals surface area contributed by atoms with E-state index < -0.39 is 10.0 Å². The first-order chi connectivity index (χ1) is 11.4. The van der Waals surface area contributed by atoms with Crippen LogP contribution in [0.5, 0.6) is 5.75 Å². The lowest BCUT2D eigenvalue weighted by Gasteiger charge is -2.14. The average Bonchev–Trinajstić information content (AvgIpc) is 2.54. The third-order valence-corrected chi connectivity index (χ3v) is 4.76. The van der Waals surface area contributed by atoms with Crippen LogP contribution >= 0.6 is 0 Å². The molecule has 0 aliphatic rings. The van der Waals surface area contributed by atoms with E-state index in [1.54, 1.807) is 24.3 Å². The van der Waals surface area contributed by atoms with Gasteiger partial charge in [-0.2, -0.15) is 0 Å². The summed E-state index contributed by atoms with van der Waals surface area (Å²) < 4.78 is 33.1. The number of anilines is 2. The van der Waals surface area contributed by atoms with Crippen molar-refractivity contribution in [2.24, 2.45) is 0 Å². The van der Waals surface area contributed by atoms with Crippen molar-refractivity contribution in [3.63, 3.8) is 0 Å². The van der Waals surface area contributed by atoms with Gasteiger partial charge in [0, 0.05) is 18.3 Å². The van der Waals surface area contributed by atoms with Crippen LogP contribution in [0.1, 0.15) is 19.4 Å². The SMILES string of the molecule is CCc1cccc(NS(=O)(=O)c2cc(NC(C)=O)ccc2OC)c1. The van der Waals surface area contributed by atoms with Crippen LogP contribution < -0.4 is 14.8 Å². The molecule has 0 aromatic heterocycles. The van der Waals surface area contributed by atoms with Gasteiger partial charge in [0.25, 0.3) is 10.0 Å². The maximum absolute atomic E-state index is 12.7. The molecule has 2 aromatic rings. The molecular formula is C17H20N2O4S. The van der Waals surface area contributed by atoms with Crippen molar-refractivity contribution in [3.05, 3.63) is 48.0 Å². The zero-order valence-corrected chi connectivity index (χ0v) is 14.6. The molecule has 0 atom stereocenters. The van der Waals surface area contributed by atoms with Gasteiger partial charge >= 0.3 is 0 Å². The van der Waals surface area contributed by atoms with Gasteiger partial charge in [-0.3, -0.25) is 9.52 Å². The molecule has 24 heavy (non-hydrogen) atoms. The number of rotatable bonds is 6. The van der Waals surface area contributed by atoms with E-state index in [0.717, 1.165) is 12.0 Å². The summed E-state index contributed by atoms with van der Waals surface area (Å²) in [4.78, 5) is 11.1. The van der Waals surface area contributed by atoms with Crippen molar-refractivity contribution in [1.82, 2.24) is 0 Å². The van der Waals surface area contributed by atoms with Gasteiger partial charge in [0.2, 0.25) is 5.91 Å². The zero-order chi connectivity index (χ0) is 17.7. The smallest absolute Gasteiger partial charge is 0.265 e. The van der Waals surface area contributed by atoms with E-state index in [4.69, 9.17) is 4.74 Å². The maximum Gasteiger partial charge on any atom is 0.265 e. The second kappa shape index (κ2) is 7.35. The Morgan fingerprint density at radius 3 is 2.50 bits per heavy atom. The lowest BCUT2D eigenvalue weighted by molar-refractivity contribution is -0.114. The number of carbonyl (C=O) groups is 1. The van der Waals surface area contributed by atoms with Crippen molar-refractivity contribution >= 4 is 27.3 Å². The molecule has 0 fully saturated rings. The molecule has 0 unspecified atom stereocenters. The van der Waals surface area contributed by atoms with Crippen LogP contribution in [-0.2, 0) is 21.2 Å². The van der Waals surface area contributed by atoms with Crippen molar-refractivity contribution in [1.29, 1.82) is 0 Å². The van der Waals surface area contributed by atoms with Crippen molar-refractivity contribution in [3.8, 4) is 5.75 Å². The molecule has 0 radical (unpaired) electrons. The molecule has 0 spiro atoms. The Morgan fingerprint density at radius 1 is 1.12 bits per heavy atom. The second-order valence-electron chi connectivity index (χ2n) is 5.21. The van der Waals surface area contributed by atoms with Gasteiger partial charge in [-0.05, 0) is 42.3 Å². The fourth-order valence-corrected chi connectivity index (χ4v) is 3.48. The van der Waals surface area contributed by atoms with Gasteiger partial charge in [-0.1, -0.05) is 19.1 Å². The monoisotopic (exact) mass is 348 g/mol. The minimum Gasteiger partial charge on any atom is -0.495 e. The quantitative estimate of drug-likeness (QED) is 0.840. The Labute approximate surface area is 141 Å². The lowest BCUT2D eigenvalue weighted by atomic mass is 10.1. The number of hydrogen-bond donors (Lipinski definition) is 2. The van der Waals surface area contributed by atoms with E-state index in [9.17, 15) is 13.2 Å². The number of carbonyl (C=O) groups excluding carboxylic acids is 1. The molecule has 2 N–H and O–H groups in total. The van der Waals surface area contributed by atoms with E-state index in [0.29, 0.717) is 11.4 Å². The van der Waals surface area contributed by atoms with Gasteiger partial charge in [0.05, 0.1) is 7.11 Å². The van der Waals surface area contributed by atoms with E-state index in [2.05, 4.69) is 10.0 Å². The standard InChI is InChI=1S/C17H20N2O4S/c1-4-13-6-5-7-15(10-13)19-24(21,22)17-11-14(18-12(2)20)8-9-16(17)23-3/h5-11,19H,4H2,1-3H3,(H,18,20). The van der Waals surface area contributed by atoms with Crippen molar-refractivity contribution < 1.29 is 17.9 Å². The number of amides is 1. The topological polar surface area (TPSA) is 84.5 Å². The maximum atomic E-state index is 12.7. The van der Waals surface area contributed by atoms with Crippen molar-refractivity contribution in [2.75, 3.05) is 17.1 Å². The number of ether oxygens (including phenoxy) is 1. The summed E-state index contributed by atoms with van der Waals surface area (Å²) in [6.45, 7) is 3.35. The Bertz CT molecular complexity index is 847. The van der Waals surface area contributed by atoms with Crippen LogP contribution in [0.15, 0.2) is 47.4 Å². The molecule has 6 nitrogen and oxygen atoms in total. The molecule has 0 heterocycles. The van der Waals surface area contributed by atoms with Gasteiger partial charge in [0.1, 0.15) is 10.6 Å². The summed E-state index contributed by atoms with van der Waals surface area (Å²) in [5.41, 5.74) is 1.88. The van der Waals surface area contributed by atoms with Gasteiger partial charge < -0.3 is 10.1 Å².